The van der Waals surface area contributed by atoms with Crippen LogP contribution in [0.2, 0.25) is 0 Å². The first-order valence-electron chi connectivity index (χ1n) is 9.73. The highest BCUT2D eigenvalue weighted by molar-refractivity contribution is 9.10. The van der Waals surface area contributed by atoms with E-state index >= 15 is 0 Å². The van der Waals surface area contributed by atoms with E-state index in [1.807, 2.05) is 6.07 Å². The molecule has 0 bridgehead atoms. The van der Waals surface area contributed by atoms with Crippen LogP contribution >= 0.6 is 15.9 Å². The van der Waals surface area contributed by atoms with E-state index in [-0.39, 0.29) is 11.8 Å². The van der Waals surface area contributed by atoms with Crippen molar-refractivity contribution >= 4 is 27.5 Å². The summed E-state index contributed by atoms with van der Waals surface area (Å²) in [6.07, 6.45) is 12.0. The van der Waals surface area contributed by atoms with Gasteiger partial charge in [0.1, 0.15) is 0 Å². The summed E-state index contributed by atoms with van der Waals surface area (Å²) in [5.74, 6) is 1.24. The standard InChI is InChI=1S/C21H32BrNO/c1-3-5-7-16-9-12-18(13-10-16)21(24)23-20-14-11-17(8-6-4-2)15-19(20)22/h11,14-16,18H,3-10,12-13H2,1-2H3,(H,23,24). The molecule has 3 heteroatoms. The predicted molar refractivity (Wildman–Crippen MR) is 106 cm³/mol. The smallest absolute Gasteiger partial charge is 0.227 e. The molecule has 0 aromatic heterocycles. The number of anilines is 1. The van der Waals surface area contributed by atoms with E-state index in [1.165, 1.54) is 50.5 Å². The van der Waals surface area contributed by atoms with Gasteiger partial charge in [0.15, 0.2) is 0 Å². The normalized spacial score (nSPS) is 20.8. The summed E-state index contributed by atoms with van der Waals surface area (Å²) in [6, 6.07) is 6.32. The molecule has 0 aliphatic heterocycles. The van der Waals surface area contributed by atoms with E-state index in [9.17, 15) is 4.79 Å². The molecule has 1 N–H and O–H groups in total. The second-order valence-corrected chi connectivity index (χ2v) is 8.12. The lowest BCUT2D eigenvalue weighted by Gasteiger charge is -2.27. The van der Waals surface area contributed by atoms with Crippen molar-refractivity contribution in [1.29, 1.82) is 0 Å². The Hall–Kier alpha value is -0.830. The van der Waals surface area contributed by atoms with E-state index in [1.54, 1.807) is 0 Å². The zero-order valence-corrected chi connectivity index (χ0v) is 16.8. The maximum Gasteiger partial charge on any atom is 0.227 e. The van der Waals surface area contributed by atoms with Crippen molar-refractivity contribution in [3.05, 3.63) is 28.2 Å². The minimum Gasteiger partial charge on any atom is -0.325 e. The van der Waals surface area contributed by atoms with Gasteiger partial charge < -0.3 is 5.32 Å². The number of aryl methyl sites for hydroxylation is 1. The van der Waals surface area contributed by atoms with Crippen molar-refractivity contribution in [3.63, 3.8) is 0 Å². The number of carbonyl (C=O) groups excluding carboxylic acids is 1. The monoisotopic (exact) mass is 393 g/mol. The van der Waals surface area contributed by atoms with Crippen molar-refractivity contribution in [3.8, 4) is 0 Å². The van der Waals surface area contributed by atoms with Crippen LogP contribution in [0.4, 0.5) is 5.69 Å². The molecule has 24 heavy (non-hydrogen) atoms. The summed E-state index contributed by atoms with van der Waals surface area (Å²) in [5.41, 5.74) is 2.24. The highest BCUT2D eigenvalue weighted by atomic mass is 79.9. The van der Waals surface area contributed by atoms with Crippen LogP contribution < -0.4 is 5.32 Å². The highest BCUT2D eigenvalue weighted by Gasteiger charge is 2.26. The van der Waals surface area contributed by atoms with Gasteiger partial charge in [-0.05, 0) is 78.1 Å². The van der Waals surface area contributed by atoms with E-state index in [4.69, 9.17) is 0 Å². The van der Waals surface area contributed by atoms with Gasteiger partial charge in [0, 0.05) is 10.4 Å². The van der Waals surface area contributed by atoms with Gasteiger partial charge in [0.25, 0.3) is 0 Å². The minimum atomic E-state index is 0.189. The predicted octanol–water partition coefficient (Wildman–Crippen LogP) is 6.73. The summed E-state index contributed by atoms with van der Waals surface area (Å²) in [5, 5.41) is 3.14. The number of carbonyl (C=O) groups is 1. The quantitative estimate of drug-likeness (QED) is 0.521. The van der Waals surface area contributed by atoms with E-state index < -0.39 is 0 Å². The van der Waals surface area contributed by atoms with E-state index in [0.29, 0.717) is 0 Å². The molecule has 1 saturated carbocycles. The third-order valence-electron chi connectivity index (χ3n) is 5.29. The molecule has 0 unspecified atom stereocenters. The highest BCUT2D eigenvalue weighted by Crippen LogP contribution is 2.33. The molecule has 134 valence electrons. The number of hydrogen-bond acceptors (Lipinski definition) is 1. The van der Waals surface area contributed by atoms with Gasteiger partial charge in [-0.1, -0.05) is 45.6 Å². The molecule has 1 fully saturated rings. The fourth-order valence-corrected chi connectivity index (χ4v) is 4.16. The zero-order valence-electron chi connectivity index (χ0n) is 15.2. The van der Waals surface area contributed by atoms with Crippen LogP contribution in [0.15, 0.2) is 22.7 Å². The second kappa shape index (κ2) is 10.2. The van der Waals surface area contributed by atoms with Gasteiger partial charge in [0.2, 0.25) is 5.91 Å². The van der Waals surface area contributed by atoms with Crippen LogP contribution in [0.5, 0.6) is 0 Å². The fraction of sp³-hybridized carbons (Fsp3) is 0.667. The molecule has 1 aromatic carbocycles. The Morgan fingerprint density at radius 1 is 1.12 bits per heavy atom. The molecule has 1 aromatic rings. The first kappa shape index (κ1) is 19.5. The zero-order chi connectivity index (χ0) is 17.4. The second-order valence-electron chi connectivity index (χ2n) is 7.27. The number of hydrogen-bond donors (Lipinski definition) is 1. The molecule has 0 heterocycles. The first-order chi connectivity index (χ1) is 11.6. The summed E-state index contributed by atoms with van der Waals surface area (Å²) in [6.45, 7) is 4.46. The number of amides is 1. The van der Waals surface area contributed by atoms with Crippen molar-refractivity contribution in [2.24, 2.45) is 11.8 Å². The van der Waals surface area contributed by atoms with Gasteiger partial charge in [-0.15, -0.1) is 0 Å². The Kier molecular flexibility index (Phi) is 8.31. The van der Waals surface area contributed by atoms with Crippen LogP contribution in [0.3, 0.4) is 0 Å². The maximum atomic E-state index is 12.6. The van der Waals surface area contributed by atoms with Gasteiger partial charge >= 0.3 is 0 Å². The lowest BCUT2D eigenvalue weighted by molar-refractivity contribution is -0.121. The Balaban J connectivity index is 1.84. The van der Waals surface area contributed by atoms with Gasteiger partial charge in [-0.25, -0.2) is 0 Å². The van der Waals surface area contributed by atoms with Crippen LogP contribution in [0, 0.1) is 11.8 Å². The Morgan fingerprint density at radius 3 is 2.46 bits per heavy atom. The first-order valence-corrected chi connectivity index (χ1v) is 10.5. The molecule has 2 nitrogen and oxygen atoms in total. The third kappa shape index (κ3) is 5.91. The lowest BCUT2D eigenvalue weighted by atomic mass is 9.79. The molecular weight excluding hydrogens is 362 g/mol. The van der Waals surface area contributed by atoms with Crippen molar-refractivity contribution < 1.29 is 4.79 Å². The fourth-order valence-electron chi connectivity index (χ4n) is 3.64. The van der Waals surface area contributed by atoms with E-state index in [0.717, 1.165) is 35.3 Å². The topological polar surface area (TPSA) is 29.1 Å². The molecule has 1 aliphatic rings. The Morgan fingerprint density at radius 2 is 1.83 bits per heavy atom. The number of nitrogens with one attached hydrogen (secondary N) is 1. The van der Waals surface area contributed by atoms with Crippen molar-refractivity contribution in [2.45, 2.75) is 78.1 Å². The average molecular weight is 394 g/mol. The number of benzene rings is 1. The van der Waals surface area contributed by atoms with Crippen molar-refractivity contribution in [1.82, 2.24) is 0 Å². The third-order valence-corrected chi connectivity index (χ3v) is 5.95. The summed E-state index contributed by atoms with van der Waals surface area (Å²) >= 11 is 3.61. The summed E-state index contributed by atoms with van der Waals surface area (Å²) < 4.78 is 1.00. The summed E-state index contributed by atoms with van der Waals surface area (Å²) in [4.78, 5) is 12.6. The summed E-state index contributed by atoms with van der Waals surface area (Å²) in [7, 11) is 0. The molecule has 1 aliphatic carbocycles. The SMILES string of the molecule is CCCCc1ccc(NC(=O)C2CCC(CCCC)CC2)c(Br)c1. The molecule has 0 radical (unpaired) electrons. The number of halogens is 1. The van der Waals surface area contributed by atoms with Crippen LogP contribution in [-0.2, 0) is 11.2 Å². The van der Waals surface area contributed by atoms with Gasteiger partial charge in [-0.3, -0.25) is 4.79 Å². The Labute approximate surface area is 155 Å². The van der Waals surface area contributed by atoms with Crippen LogP contribution in [-0.4, -0.2) is 5.91 Å². The molecule has 0 saturated heterocycles. The number of rotatable bonds is 8. The molecule has 2 rings (SSSR count). The Bertz CT molecular complexity index is 521. The number of unbranched alkanes of at least 4 members (excludes halogenated alkanes) is 2. The van der Waals surface area contributed by atoms with Crippen LogP contribution in [0.1, 0.15) is 77.2 Å². The average Bonchev–Trinajstić information content (AvgIpc) is 2.60. The van der Waals surface area contributed by atoms with Gasteiger partial charge in [-0.2, -0.15) is 0 Å². The largest absolute Gasteiger partial charge is 0.325 e. The van der Waals surface area contributed by atoms with Gasteiger partial charge in [0.05, 0.1) is 5.69 Å². The lowest BCUT2D eigenvalue weighted by Crippen LogP contribution is -2.27. The molecule has 0 atom stereocenters. The minimum absolute atomic E-state index is 0.189. The van der Waals surface area contributed by atoms with E-state index in [2.05, 4.69) is 47.2 Å². The van der Waals surface area contributed by atoms with Crippen molar-refractivity contribution in [2.75, 3.05) is 5.32 Å². The molecule has 1 amide bonds. The molecule has 0 spiro atoms. The van der Waals surface area contributed by atoms with Crippen LogP contribution in [0.25, 0.3) is 0 Å². The molecular formula is C21H32BrNO. The maximum absolute atomic E-state index is 12.6.